The summed E-state index contributed by atoms with van der Waals surface area (Å²) in [6.45, 7) is 1.60. The third-order valence-corrected chi connectivity index (χ3v) is 4.88. The van der Waals surface area contributed by atoms with Crippen LogP contribution >= 0.6 is 11.6 Å². The lowest BCUT2D eigenvalue weighted by Crippen LogP contribution is -2.28. The van der Waals surface area contributed by atoms with Crippen molar-refractivity contribution < 1.29 is 9.84 Å². The molecule has 1 aliphatic rings. The van der Waals surface area contributed by atoms with Crippen molar-refractivity contribution in [2.45, 2.75) is 25.0 Å². The molecule has 122 valence electrons. The van der Waals surface area contributed by atoms with Gasteiger partial charge >= 0.3 is 0 Å². The molecule has 1 heterocycles. The van der Waals surface area contributed by atoms with Crippen LogP contribution in [0.2, 0.25) is 5.02 Å². The highest BCUT2D eigenvalue weighted by molar-refractivity contribution is 6.31. The fourth-order valence-corrected chi connectivity index (χ4v) is 3.58. The van der Waals surface area contributed by atoms with Gasteiger partial charge in [0.25, 0.3) is 0 Å². The second-order valence-corrected chi connectivity index (χ2v) is 6.37. The standard InChI is InChI=1S/C19H22ClNO2/c1-23-15-10-8-14(9-11-15)18-7-4-12-21(18)13-19(22)16-5-2-3-6-17(16)20/h2-3,5-6,8-11,18-19,22H,4,7,12-13H2,1H3/t18-,19-/m0/s1. The first-order chi connectivity index (χ1) is 11.2. The molecule has 0 saturated carbocycles. The number of ether oxygens (including phenoxy) is 1. The van der Waals surface area contributed by atoms with Crippen molar-refractivity contribution in [3.8, 4) is 5.75 Å². The molecule has 2 aromatic carbocycles. The van der Waals surface area contributed by atoms with Gasteiger partial charge in [-0.15, -0.1) is 0 Å². The lowest BCUT2D eigenvalue weighted by atomic mass is 10.0. The number of benzene rings is 2. The van der Waals surface area contributed by atoms with Gasteiger partial charge in [-0.3, -0.25) is 4.90 Å². The predicted octanol–water partition coefficient (Wildman–Crippen LogP) is 4.22. The molecule has 2 aromatic rings. The van der Waals surface area contributed by atoms with Crippen LogP contribution in [0.3, 0.4) is 0 Å². The number of rotatable bonds is 5. The monoisotopic (exact) mass is 331 g/mol. The van der Waals surface area contributed by atoms with Gasteiger partial charge in [-0.1, -0.05) is 41.9 Å². The molecule has 1 saturated heterocycles. The fraction of sp³-hybridized carbons (Fsp3) is 0.368. The number of halogens is 1. The second-order valence-electron chi connectivity index (χ2n) is 5.96. The van der Waals surface area contributed by atoms with Crippen LogP contribution in [0.5, 0.6) is 5.75 Å². The molecule has 0 aliphatic carbocycles. The summed E-state index contributed by atoms with van der Waals surface area (Å²) in [5, 5.41) is 11.2. The van der Waals surface area contributed by atoms with Crippen LogP contribution in [0.4, 0.5) is 0 Å². The first kappa shape index (κ1) is 16.3. The Bertz CT molecular complexity index is 644. The van der Waals surface area contributed by atoms with Gasteiger partial charge in [0.05, 0.1) is 13.2 Å². The van der Waals surface area contributed by atoms with Crippen molar-refractivity contribution in [1.82, 2.24) is 4.90 Å². The van der Waals surface area contributed by atoms with E-state index in [0.717, 1.165) is 30.7 Å². The molecule has 1 aliphatic heterocycles. The highest BCUT2D eigenvalue weighted by Crippen LogP contribution is 2.34. The third-order valence-electron chi connectivity index (χ3n) is 4.54. The molecule has 3 rings (SSSR count). The van der Waals surface area contributed by atoms with E-state index in [1.807, 2.05) is 36.4 Å². The van der Waals surface area contributed by atoms with Crippen LogP contribution < -0.4 is 4.74 Å². The summed E-state index contributed by atoms with van der Waals surface area (Å²) in [5.74, 6) is 0.870. The first-order valence-corrected chi connectivity index (χ1v) is 8.37. The second kappa shape index (κ2) is 7.35. The van der Waals surface area contributed by atoms with Gasteiger partial charge in [0.15, 0.2) is 0 Å². The van der Waals surface area contributed by atoms with Crippen molar-refractivity contribution in [3.05, 3.63) is 64.7 Å². The predicted molar refractivity (Wildman–Crippen MR) is 93.0 cm³/mol. The summed E-state index contributed by atoms with van der Waals surface area (Å²) in [7, 11) is 1.68. The Balaban J connectivity index is 1.72. The average Bonchev–Trinajstić information content (AvgIpc) is 3.03. The number of aliphatic hydroxyl groups is 1. The van der Waals surface area contributed by atoms with Crippen LogP contribution in [0.25, 0.3) is 0 Å². The highest BCUT2D eigenvalue weighted by atomic mass is 35.5. The van der Waals surface area contributed by atoms with E-state index in [1.165, 1.54) is 5.56 Å². The molecule has 1 N–H and O–H groups in total. The molecule has 0 amide bonds. The zero-order valence-electron chi connectivity index (χ0n) is 13.3. The Labute approximate surface area is 142 Å². The fourth-order valence-electron chi connectivity index (χ4n) is 3.31. The summed E-state index contributed by atoms with van der Waals surface area (Å²) in [6.07, 6.45) is 1.69. The maximum atomic E-state index is 10.6. The van der Waals surface area contributed by atoms with Gasteiger partial charge < -0.3 is 9.84 Å². The number of methoxy groups -OCH3 is 1. The Morgan fingerprint density at radius 3 is 2.65 bits per heavy atom. The lowest BCUT2D eigenvalue weighted by Gasteiger charge is -2.27. The minimum Gasteiger partial charge on any atom is -0.497 e. The Morgan fingerprint density at radius 2 is 1.96 bits per heavy atom. The quantitative estimate of drug-likeness (QED) is 0.890. The van der Waals surface area contributed by atoms with Gasteiger partial charge in [0, 0.05) is 23.2 Å². The normalized spacial score (nSPS) is 19.7. The number of nitrogens with zero attached hydrogens (tertiary/aromatic N) is 1. The number of likely N-dealkylation sites (tertiary alicyclic amines) is 1. The molecule has 2 atom stereocenters. The molecule has 23 heavy (non-hydrogen) atoms. The maximum Gasteiger partial charge on any atom is 0.118 e. The molecule has 0 bridgehead atoms. The average molecular weight is 332 g/mol. The zero-order chi connectivity index (χ0) is 16.2. The third kappa shape index (κ3) is 3.69. The summed E-state index contributed by atoms with van der Waals surface area (Å²) in [6, 6.07) is 16.1. The van der Waals surface area contributed by atoms with E-state index in [-0.39, 0.29) is 0 Å². The SMILES string of the molecule is COc1ccc([C@@H]2CCCN2C[C@H](O)c2ccccc2Cl)cc1. The number of hydrogen-bond donors (Lipinski definition) is 1. The van der Waals surface area contributed by atoms with E-state index in [9.17, 15) is 5.11 Å². The summed E-state index contributed by atoms with van der Waals surface area (Å²) in [4.78, 5) is 2.34. The number of β-amino-alcohol motifs (C(OH)–C–C–N with tert-alkyl or cyclic N) is 1. The van der Waals surface area contributed by atoms with E-state index in [4.69, 9.17) is 16.3 Å². The molecule has 0 unspecified atom stereocenters. The van der Waals surface area contributed by atoms with Gasteiger partial charge in [-0.25, -0.2) is 0 Å². The van der Waals surface area contributed by atoms with E-state index < -0.39 is 6.10 Å². The molecule has 0 spiro atoms. The molecule has 1 fully saturated rings. The molecular weight excluding hydrogens is 310 g/mol. The first-order valence-electron chi connectivity index (χ1n) is 7.99. The molecule has 0 aromatic heterocycles. The largest absolute Gasteiger partial charge is 0.497 e. The van der Waals surface area contributed by atoms with E-state index >= 15 is 0 Å². The lowest BCUT2D eigenvalue weighted by molar-refractivity contribution is 0.106. The van der Waals surface area contributed by atoms with Gasteiger partial charge in [0.1, 0.15) is 5.75 Å². The Kier molecular flexibility index (Phi) is 5.21. The summed E-state index contributed by atoms with van der Waals surface area (Å²) < 4.78 is 5.23. The maximum absolute atomic E-state index is 10.6. The van der Waals surface area contributed by atoms with Crippen LogP contribution in [0, 0.1) is 0 Å². The van der Waals surface area contributed by atoms with Crippen molar-refractivity contribution in [2.24, 2.45) is 0 Å². The van der Waals surface area contributed by atoms with Crippen LogP contribution in [0.15, 0.2) is 48.5 Å². The zero-order valence-corrected chi connectivity index (χ0v) is 14.0. The molecule has 0 radical (unpaired) electrons. The van der Waals surface area contributed by atoms with E-state index in [0.29, 0.717) is 17.6 Å². The van der Waals surface area contributed by atoms with Crippen LogP contribution in [0.1, 0.15) is 36.1 Å². The summed E-state index contributed by atoms with van der Waals surface area (Å²) >= 11 is 6.20. The topological polar surface area (TPSA) is 32.7 Å². The van der Waals surface area contributed by atoms with Crippen molar-refractivity contribution in [2.75, 3.05) is 20.2 Å². The van der Waals surface area contributed by atoms with Crippen molar-refractivity contribution >= 4 is 11.6 Å². The molecular formula is C19H22ClNO2. The molecule has 3 nitrogen and oxygen atoms in total. The number of hydrogen-bond acceptors (Lipinski definition) is 3. The smallest absolute Gasteiger partial charge is 0.118 e. The van der Waals surface area contributed by atoms with Crippen LogP contribution in [-0.2, 0) is 0 Å². The van der Waals surface area contributed by atoms with E-state index in [1.54, 1.807) is 7.11 Å². The van der Waals surface area contributed by atoms with Gasteiger partial charge in [-0.05, 0) is 43.1 Å². The summed E-state index contributed by atoms with van der Waals surface area (Å²) in [5.41, 5.74) is 2.07. The minimum absolute atomic E-state index is 0.345. The van der Waals surface area contributed by atoms with Gasteiger partial charge in [0.2, 0.25) is 0 Å². The van der Waals surface area contributed by atoms with Crippen molar-refractivity contribution in [1.29, 1.82) is 0 Å². The minimum atomic E-state index is -0.567. The van der Waals surface area contributed by atoms with Crippen LogP contribution in [-0.4, -0.2) is 30.2 Å². The highest BCUT2D eigenvalue weighted by Gasteiger charge is 2.28. The Morgan fingerprint density at radius 1 is 1.22 bits per heavy atom. The Hall–Kier alpha value is -1.55. The molecule has 4 heteroatoms. The van der Waals surface area contributed by atoms with E-state index in [2.05, 4.69) is 17.0 Å². The number of aliphatic hydroxyl groups excluding tert-OH is 1. The van der Waals surface area contributed by atoms with Crippen molar-refractivity contribution in [3.63, 3.8) is 0 Å². The van der Waals surface area contributed by atoms with Gasteiger partial charge in [-0.2, -0.15) is 0 Å².